The van der Waals surface area contributed by atoms with Gasteiger partial charge in [0.2, 0.25) is 0 Å². The van der Waals surface area contributed by atoms with Gasteiger partial charge in [-0.3, -0.25) is 0 Å². The molecule has 2 aliphatic rings. The number of carbonyl (C=O) groups excluding carboxylic acids is 1. The van der Waals surface area contributed by atoms with Gasteiger partial charge in [-0.05, 0) is 43.7 Å². The summed E-state index contributed by atoms with van der Waals surface area (Å²) in [5.74, 6) is 1.91. The maximum Gasteiger partial charge on any atom is 0.416 e. The lowest BCUT2D eigenvalue weighted by Crippen LogP contribution is -2.32. The van der Waals surface area contributed by atoms with E-state index in [4.69, 9.17) is 19.9 Å². The number of nitrogens with two attached hydrogens (primary N) is 1. The molecule has 1 amide bonds. The number of methoxy groups -OCH3 is 1. The van der Waals surface area contributed by atoms with Gasteiger partial charge in [-0.25, -0.2) is 14.8 Å². The SMILES string of the molecule is COc1cc2nc(C)nc(NC(C)c3cc(N)cc(C(F)(F)F)c3)c2cc1OC(=O)N1CC2COCC2C1. The number of nitrogens with zero attached hydrogens (tertiary/aromatic N) is 3. The van der Waals surface area contributed by atoms with Crippen molar-refractivity contribution in [3.8, 4) is 11.5 Å². The maximum atomic E-state index is 13.3. The molecule has 3 N–H and O–H groups in total. The van der Waals surface area contributed by atoms with Gasteiger partial charge in [-0.15, -0.1) is 0 Å². The molecule has 12 heteroatoms. The van der Waals surface area contributed by atoms with Gasteiger partial charge in [0.05, 0.1) is 37.4 Å². The molecule has 3 atom stereocenters. The average Bonchev–Trinajstić information content (AvgIpc) is 3.46. The first-order chi connectivity index (χ1) is 18.0. The molecule has 3 aromatic rings. The van der Waals surface area contributed by atoms with Crippen LogP contribution in [0, 0.1) is 18.8 Å². The lowest BCUT2D eigenvalue weighted by Gasteiger charge is -2.20. The molecule has 5 rings (SSSR count). The van der Waals surface area contributed by atoms with Gasteiger partial charge in [0, 0.05) is 42.1 Å². The van der Waals surface area contributed by atoms with Crippen LogP contribution in [0.2, 0.25) is 0 Å². The highest BCUT2D eigenvalue weighted by molar-refractivity contribution is 5.92. The van der Waals surface area contributed by atoms with E-state index in [1.807, 2.05) is 0 Å². The third-order valence-corrected chi connectivity index (χ3v) is 6.95. The van der Waals surface area contributed by atoms with Crippen molar-refractivity contribution in [1.29, 1.82) is 0 Å². The van der Waals surface area contributed by atoms with Crippen molar-refractivity contribution in [2.75, 3.05) is 44.5 Å². The number of alkyl halides is 3. The van der Waals surface area contributed by atoms with E-state index in [-0.39, 0.29) is 11.4 Å². The van der Waals surface area contributed by atoms with Crippen molar-refractivity contribution in [3.63, 3.8) is 0 Å². The molecule has 0 radical (unpaired) electrons. The number of nitrogen functional groups attached to an aromatic ring is 1. The molecule has 2 aliphatic heterocycles. The number of halogens is 3. The standard InChI is InChI=1S/C26H28F3N5O4/c1-13(15-4-18(26(27,28)29)6-19(30)5-15)31-24-20-7-23(22(36-3)8-21(20)32-14(2)33-24)38-25(35)34-9-16-11-37-12-17(16)10-34/h4-8,13,16-17H,9-12,30H2,1-3H3,(H,31,32,33). The van der Waals surface area contributed by atoms with Crippen LogP contribution in [0.4, 0.5) is 29.5 Å². The third-order valence-electron chi connectivity index (χ3n) is 6.95. The first-order valence-corrected chi connectivity index (χ1v) is 12.2. The second-order valence-electron chi connectivity index (χ2n) is 9.72. The van der Waals surface area contributed by atoms with E-state index in [1.54, 1.807) is 30.9 Å². The van der Waals surface area contributed by atoms with E-state index in [9.17, 15) is 18.0 Å². The number of aromatic nitrogens is 2. The molecule has 0 saturated carbocycles. The van der Waals surface area contributed by atoms with E-state index in [2.05, 4.69) is 15.3 Å². The summed E-state index contributed by atoms with van der Waals surface area (Å²) in [6, 6.07) is 6.08. The quantitative estimate of drug-likeness (QED) is 0.452. The van der Waals surface area contributed by atoms with Gasteiger partial charge in [0.25, 0.3) is 0 Å². The maximum absolute atomic E-state index is 13.3. The summed E-state index contributed by atoms with van der Waals surface area (Å²) in [5.41, 5.74) is 5.78. The number of hydrogen-bond acceptors (Lipinski definition) is 8. The minimum Gasteiger partial charge on any atom is -0.493 e. The lowest BCUT2D eigenvalue weighted by atomic mass is 10.0. The Labute approximate surface area is 217 Å². The van der Waals surface area contributed by atoms with Crippen LogP contribution in [-0.2, 0) is 10.9 Å². The topological polar surface area (TPSA) is 112 Å². The number of rotatable bonds is 5. The molecule has 3 unspecified atom stereocenters. The van der Waals surface area contributed by atoms with Gasteiger partial charge in [-0.2, -0.15) is 13.2 Å². The molecule has 3 heterocycles. The summed E-state index contributed by atoms with van der Waals surface area (Å²) in [6.07, 6.45) is -5.02. The summed E-state index contributed by atoms with van der Waals surface area (Å²) in [5, 5.41) is 3.68. The number of aryl methyl sites for hydroxylation is 1. The Morgan fingerprint density at radius 2 is 1.84 bits per heavy atom. The summed E-state index contributed by atoms with van der Waals surface area (Å²) >= 11 is 0. The molecular formula is C26H28F3N5O4. The molecular weight excluding hydrogens is 503 g/mol. The predicted molar refractivity (Wildman–Crippen MR) is 134 cm³/mol. The molecule has 38 heavy (non-hydrogen) atoms. The third kappa shape index (κ3) is 5.13. The Bertz CT molecular complexity index is 1370. The van der Waals surface area contributed by atoms with E-state index in [0.717, 1.165) is 12.1 Å². The highest BCUT2D eigenvalue weighted by Crippen LogP contribution is 2.38. The normalized spacial score (nSPS) is 19.9. The fourth-order valence-electron chi connectivity index (χ4n) is 4.98. The van der Waals surface area contributed by atoms with Crippen molar-refractivity contribution < 1.29 is 32.2 Å². The zero-order chi connectivity index (χ0) is 27.2. The van der Waals surface area contributed by atoms with Gasteiger partial charge < -0.3 is 30.2 Å². The largest absolute Gasteiger partial charge is 0.493 e. The Hall–Kier alpha value is -3.80. The van der Waals surface area contributed by atoms with Gasteiger partial charge in [0.1, 0.15) is 11.6 Å². The van der Waals surface area contributed by atoms with Crippen molar-refractivity contribution in [2.45, 2.75) is 26.1 Å². The number of anilines is 2. The molecule has 0 aliphatic carbocycles. The van der Waals surface area contributed by atoms with Crippen LogP contribution in [0.5, 0.6) is 11.5 Å². The van der Waals surface area contributed by atoms with Gasteiger partial charge >= 0.3 is 12.3 Å². The molecule has 0 spiro atoms. The van der Waals surface area contributed by atoms with Crippen molar-refractivity contribution in [1.82, 2.24) is 14.9 Å². The minimum atomic E-state index is -4.53. The smallest absolute Gasteiger partial charge is 0.416 e. The molecule has 0 bridgehead atoms. The van der Waals surface area contributed by atoms with Crippen LogP contribution >= 0.6 is 0 Å². The number of likely N-dealkylation sites (tertiary alicyclic amines) is 1. The van der Waals surface area contributed by atoms with Gasteiger partial charge in [0.15, 0.2) is 11.5 Å². The summed E-state index contributed by atoms with van der Waals surface area (Å²) in [7, 11) is 1.46. The van der Waals surface area contributed by atoms with Crippen LogP contribution in [0.3, 0.4) is 0 Å². The number of amides is 1. The average molecular weight is 532 g/mol. The van der Waals surface area contributed by atoms with Crippen molar-refractivity contribution in [3.05, 3.63) is 47.3 Å². The van der Waals surface area contributed by atoms with Crippen molar-refractivity contribution in [2.24, 2.45) is 11.8 Å². The Kier molecular flexibility index (Phi) is 6.68. The zero-order valence-electron chi connectivity index (χ0n) is 21.1. The molecule has 2 fully saturated rings. The number of hydrogen-bond donors (Lipinski definition) is 2. The fourth-order valence-corrected chi connectivity index (χ4v) is 4.98. The van der Waals surface area contributed by atoms with Crippen LogP contribution in [0.1, 0.15) is 29.9 Å². The zero-order valence-corrected chi connectivity index (χ0v) is 21.1. The monoisotopic (exact) mass is 531 g/mol. The second kappa shape index (κ2) is 9.82. The number of ether oxygens (including phenoxy) is 3. The highest BCUT2D eigenvalue weighted by atomic mass is 19.4. The van der Waals surface area contributed by atoms with Gasteiger partial charge in [-0.1, -0.05) is 0 Å². The van der Waals surface area contributed by atoms with E-state index >= 15 is 0 Å². The number of carbonyl (C=O) groups is 1. The number of fused-ring (bicyclic) bond motifs is 2. The first-order valence-electron chi connectivity index (χ1n) is 12.2. The van der Waals surface area contributed by atoms with Crippen LogP contribution in [0.25, 0.3) is 10.9 Å². The summed E-state index contributed by atoms with van der Waals surface area (Å²) in [4.78, 5) is 23.5. The predicted octanol–water partition coefficient (Wildman–Crippen LogP) is 4.80. The lowest BCUT2D eigenvalue weighted by molar-refractivity contribution is -0.137. The summed E-state index contributed by atoms with van der Waals surface area (Å²) < 4.78 is 56.7. The van der Waals surface area contributed by atoms with Crippen molar-refractivity contribution >= 4 is 28.5 Å². The summed E-state index contributed by atoms with van der Waals surface area (Å²) in [6.45, 7) is 5.80. The Morgan fingerprint density at radius 1 is 1.13 bits per heavy atom. The Morgan fingerprint density at radius 3 is 2.50 bits per heavy atom. The van der Waals surface area contributed by atoms with E-state index in [1.165, 1.54) is 13.2 Å². The van der Waals surface area contributed by atoms with E-state index < -0.39 is 23.9 Å². The Balaban J connectivity index is 1.45. The molecule has 2 aromatic carbocycles. The fraction of sp³-hybridized carbons (Fsp3) is 0.423. The van der Waals surface area contributed by atoms with Crippen LogP contribution in [0.15, 0.2) is 30.3 Å². The van der Waals surface area contributed by atoms with E-state index in [0.29, 0.717) is 72.0 Å². The van der Waals surface area contributed by atoms with Crippen LogP contribution in [-0.4, -0.2) is 54.4 Å². The number of benzene rings is 2. The first kappa shape index (κ1) is 25.8. The highest BCUT2D eigenvalue weighted by Gasteiger charge is 2.40. The second-order valence-corrected chi connectivity index (χ2v) is 9.72. The molecule has 2 saturated heterocycles. The molecule has 9 nitrogen and oxygen atoms in total. The molecule has 1 aromatic heterocycles. The minimum absolute atomic E-state index is 0.00347. The number of nitrogens with one attached hydrogen (secondary N) is 1. The molecule has 202 valence electrons. The van der Waals surface area contributed by atoms with Crippen LogP contribution < -0.4 is 20.5 Å².